The molecule has 0 aliphatic heterocycles. The summed E-state index contributed by atoms with van der Waals surface area (Å²) < 4.78 is 2.40. The molecule has 0 atom stereocenters. The zero-order chi connectivity index (χ0) is 9.97. The molecule has 0 radical (unpaired) electrons. The molecule has 4 nitrogen and oxygen atoms in total. The van der Waals surface area contributed by atoms with Crippen molar-refractivity contribution in [2.75, 3.05) is 0 Å². The maximum absolute atomic E-state index is 10.7. The van der Waals surface area contributed by atoms with Gasteiger partial charge in [-0.25, -0.2) is 9.67 Å². The first-order valence-corrected chi connectivity index (χ1v) is 4.71. The lowest BCUT2D eigenvalue weighted by atomic mass is 10.3. The minimum absolute atomic E-state index is 0.517. The maximum atomic E-state index is 10.7. The fourth-order valence-electron chi connectivity index (χ4n) is 1.11. The van der Waals surface area contributed by atoms with E-state index in [-0.39, 0.29) is 0 Å². The highest BCUT2D eigenvalue weighted by Gasteiger charge is 2.05. The summed E-state index contributed by atoms with van der Waals surface area (Å²) in [5, 5.41) is 4.04. The monoisotopic (exact) mass is 251 g/mol. The van der Waals surface area contributed by atoms with Gasteiger partial charge in [0.1, 0.15) is 0 Å². The summed E-state index contributed by atoms with van der Waals surface area (Å²) in [5.74, 6) is 0.535. The van der Waals surface area contributed by atoms with Crippen molar-refractivity contribution < 1.29 is 4.79 Å². The summed E-state index contributed by atoms with van der Waals surface area (Å²) in [4.78, 5) is 14.8. The smallest absolute Gasteiger partial charge is 0.163 e. The third-order valence-corrected chi connectivity index (χ3v) is 2.12. The maximum Gasteiger partial charge on any atom is 0.163 e. The second kappa shape index (κ2) is 3.71. The van der Waals surface area contributed by atoms with Crippen LogP contribution in [0.3, 0.4) is 0 Å². The van der Waals surface area contributed by atoms with Gasteiger partial charge in [-0.15, -0.1) is 0 Å². The van der Waals surface area contributed by atoms with Crippen molar-refractivity contribution in [3.8, 4) is 5.82 Å². The molecule has 0 bridgehead atoms. The Bertz CT molecular complexity index is 467. The van der Waals surface area contributed by atoms with E-state index >= 15 is 0 Å². The molecule has 2 aromatic heterocycles. The number of nitrogens with zero attached hydrogens (tertiary/aromatic N) is 3. The Balaban J connectivity index is 2.55. The van der Waals surface area contributed by atoms with Crippen LogP contribution in [-0.4, -0.2) is 21.1 Å². The first-order chi connectivity index (χ1) is 6.81. The van der Waals surface area contributed by atoms with Crippen LogP contribution in [0.1, 0.15) is 10.4 Å². The average Bonchev–Trinajstić information content (AvgIpc) is 2.65. The Kier molecular flexibility index (Phi) is 2.41. The standard InChI is InChI=1S/C9H6BrN3O/c10-8-4-12-13(5-8)9-7(6-14)2-1-3-11-9/h1-6H. The van der Waals surface area contributed by atoms with E-state index in [0.717, 1.165) is 10.8 Å². The van der Waals surface area contributed by atoms with Crippen molar-refractivity contribution in [1.29, 1.82) is 0 Å². The largest absolute Gasteiger partial charge is 0.298 e. The third-order valence-electron chi connectivity index (χ3n) is 1.71. The molecule has 70 valence electrons. The van der Waals surface area contributed by atoms with Gasteiger partial charge < -0.3 is 0 Å². The van der Waals surface area contributed by atoms with Crippen LogP contribution in [0, 0.1) is 0 Å². The van der Waals surface area contributed by atoms with E-state index in [2.05, 4.69) is 26.0 Å². The topological polar surface area (TPSA) is 47.8 Å². The third kappa shape index (κ3) is 1.58. The van der Waals surface area contributed by atoms with Crippen molar-refractivity contribution in [3.05, 3.63) is 40.8 Å². The van der Waals surface area contributed by atoms with E-state index in [1.165, 1.54) is 0 Å². The summed E-state index contributed by atoms with van der Waals surface area (Å²) >= 11 is 3.28. The lowest BCUT2D eigenvalue weighted by molar-refractivity contribution is 0.112. The van der Waals surface area contributed by atoms with Crippen LogP contribution in [0.5, 0.6) is 0 Å². The van der Waals surface area contributed by atoms with E-state index in [4.69, 9.17) is 0 Å². The Hall–Kier alpha value is -1.49. The number of carbonyl (C=O) groups is 1. The molecule has 0 spiro atoms. The number of aromatic nitrogens is 3. The summed E-state index contributed by atoms with van der Waals surface area (Å²) in [6.07, 6.45) is 5.77. The molecule has 2 rings (SSSR count). The average molecular weight is 252 g/mol. The van der Waals surface area contributed by atoms with Gasteiger partial charge in [-0.2, -0.15) is 5.10 Å². The number of hydrogen-bond acceptors (Lipinski definition) is 3. The van der Waals surface area contributed by atoms with Gasteiger partial charge in [-0.1, -0.05) is 0 Å². The fourth-order valence-corrected chi connectivity index (χ4v) is 1.40. The Morgan fingerprint density at radius 3 is 3.00 bits per heavy atom. The predicted molar refractivity (Wildman–Crippen MR) is 54.4 cm³/mol. The van der Waals surface area contributed by atoms with Crippen molar-refractivity contribution in [3.63, 3.8) is 0 Å². The Morgan fingerprint density at radius 2 is 2.36 bits per heavy atom. The minimum atomic E-state index is 0.517. The van der Waals surface area contributed by atoms with E-state index in [1.54, 1.807) is 35.4 Å². The molecule has 0 amide bonds. The molecule has 0 N–H and O–H groups in total. The van der Waals surface area contributed by atoms with E-state index in [1.807, 2.05) is 0 Å². The van der Waals surface area contributed by atoms with E-state index in [0.29, 0.717) is 11.4 Å². The van der Waals surface area contributed by atoms with Gasteiger partial charge in [0, 0.05) is 12.4 Å². The summed E-state index contributed by atoms with van der Waals surface area (Å²) in [6, 6.07) is 3.41. The van der Waals surface area contributed by atoms with E-state index in [9.17, 15) is 4.79 Å². The number of halogens is 1. The lowest BCUT2D eigenvalue weighted by Crippen LogP contribution is -2.01. The van der Waals surface area contributed by atoms with Crippen LogP contribution in [-0.2, 0) is 0 Å². The van der Waals surface area contributed by atoms with Crippen molar-refractivity contribution >= 4 is 22.2 Å². The van der Waals surface area contributed by atoms with Gasteiger partial charge in [0.15, 0.2) is 12.1 Å². The van der Waals surface area contributed by atoms with Crippen LogP contribution in [0.2, 0.25) is 0 Å². The molecule has 14 heavy (non-hydrogen) atoms. The molecular weight excluding hydrogens is 246 g/mol. The van der Waals surface area contributed by atoms with Gasteiger partial charge in [-0.05, 0) is 28.1 Å². The van der Waals surface area contributed by atoms with Crippen LogP contribution < -0.4 is 0 Å². The van der Waals surface area contributed by atoms with Crippen LogP contribution >= 0.6 is 15.9 Å². The molecule has 0 aliphatic carbocycles. The number of carbonyl (C=O) groups excluding carboxylic acids is 1. The number of pyridine rings is 1. The normalized spacial score (nSPS) is 10.1. The van der Waals surface area contributed by atoms with Crippen LogP contribution in [0.25, 0.3) is 5.82 Å². The molecule has 0 saturated heterocycles. The molecule has 2 heterocycles. The van der Waals surface area contributed by atoms with Gasteiger partial charge in [0.25, 0.3) is 0 Å². The Labute approximate surface area is 88.7 Å². The SMILES string of the molecule is O=Cc1cccnc1-n1cc(Br)cn1. The number of rotatable bonds is 2. The highest BCUT2D eigenvalue weighted by Crippen LogP contribution is 2.12. The molecule has 0 saturated carbocycles. The quantitative estimate of drug-likeness (QED) is 0.766. The van der Waals surface area contributed by atoms with Crippen molar-refractivity contribution in [1.82, 2.24) is 14.8 Å². The fraction of sp³-hybridized carbons (Fsp3) is 0. The first-order valence-electron chi connectivity index (χ1n) is 3.92. The number of hydrogen-bond donors (Lipinski definition) is 0. The Morgan fingerprint density at radius 1 is 1.50 bits per heavy atom. The zero-order valence-electron chi connectivity index (χ0n) is 7.09. The van der Waals surface area contributed by atoms with Crippen molar-refractivity contribution in [2.45, 2.75) is 0 Å². The van der Waals surface area contributed by atoms with Gasteiger partial charge in [-0.3, -0.25) is 4.79 Å². The second-order valence-electron chi connectivity index (χ2n) is 2.64. The highest BCUT2D eigenvalue weighted by atomic mass is 79.9. The molecule has 0 fully saturated rings. The highest BCUT2D eigenvalue weighted by molar-refractivity contribution is 9.10. The molecule has 0 aromatic carbocycles. The van der Waals surface area contributed by atoms with Gasteiger partial charge in [0.05, 0.1) is 16.2 Å². The van der Waals surface area contributed by atoms with E-state index < -0.39 is 0 Å². The summed E-state index contributed by atoms with van der Waals surface area (Å²) in [7, 11) is 0. The van der Waals surface area contributed by atoms with Crippen LogP contribution in [0.15, 0.2) is 35.2 Å². The summed E-state index contributed by atoms with van der Waals surface area (Å²) in [5.41, 5.74) is 0.517. The van der Waals surface area contributed by atoms with Gasteiger partial charge in [0.2, 0.25) is 0 Å². The first kappa shape index (κ1) is 9.08. The molecular formula is C9H6BrN3O. The molecule has 5 heteroatoms. The van der Waals surface area contributed by atoms with Gasteiger partial charge >= 0.3 is 0 Å². The van der Waals surface area contributed by atoms with Crippen molar-refractivity contribution in [2.24, 2.45) is 0 Å². The minimum Gasteiger partial charge on any atom is -0.298 e. The number of aldehydes is 1. The molecule has 2 aromatic rings. The molecule has 0 unspecified atom stereocenters. The lowest BCUT2D eigenvalue weighted by Gasteiger charge is -2.01. The second-order valence-corrected chi connectivity index (χ2v) is 3.55. The zero-order valence-corrected chi connectivity index (χ0v) is 8.68. The van der Waals surface area contributed by atoms with Crippen LogP contribution in [0.4, 0.5) is 0 Å². The predicted octanol–water partition coefficient (Wildman–Crippen LogP) is 1.84. The molecule has 0 aliphatic rings. The summed E-state index contributed by atoms with van der Waals surface area (Å²) in [6.45, 7) is 0.